The van der Waals surface area contributed by atoms with Crippen LogP contribution >= 0.6 is 11.3 Å². The zero-order valence-corrected chi connectivity index (χ0v) is 23.2. The van der Waals surface area contributed by atoms with Crippen molar-refractivity contribution in [2.24, 2.45) is 10.2 Å². The van der Waals surface area contributed by atoms with Crippen LogP contribution in [0.15, 0.2) is 63.2 Å². The first-order valence-corrected chi connectivity index (χ1v) is 13.5. The number of anilines is 3. The molecule has 3 aliphatic heterocycles. The smallest absolute Gasteiger partial charge is 0.410 e. The van der Waals surface area contributed by atoms with Gasteiger partial charge >= 0.3 is 6.09 Å². The number of hydrazine groups is 1. The quantitative estimate of drug-likeness (QED) is 0.545. The van der Waals surface area contributed by atoms with E-state index in [4.69, 9.17) is 9.47 Å². The molecule has 1 amide bonds. The van der Waals surface area contributed by atoms with E-state index in [1.54, 1.807) is 24.4 Å². The molecule has 1 aromatic carbocycles. The highest BCUT2D eigenvalue weighted by Gasteiger charge is 2.30. The molecule has 12 nitrogen and oxygen atoms in total. The summed E-state index contributed by atoms with van der Waals surface area (Å²) >= 11 is 1.47. The highest BCUT2D eigenvalue weighted by atomic mass is 32.1. The molecule has 0 bridgehead atoms. The molecule has 3 aliphatic rings. The Labute approximate surface area is 231 Å². The monoisotopic (exact) mass is 552 g/mol. The lowest BCUT2D eigenvalue weighted by Gasteiger charge is -2.37. The minimum absolute atomic E-state index is 0.0170. The second kappa shape index (κ2) is 10.9. The van der Waals surface area contributed by atoms with Gasteiger partial charge in [0.1, 0.15) is 23.6 Å². The Morgan fingerprint density at radius 3 is 2.64 bits per heavy atom. The molecule has 13 heteroatoms. The lowest BCUT2D eigenvalue weighted by molar-refractivity contribution is -0.114. The Hall–Kier alpha value is -4.13. The Balaban J connectivity index is 1.31. The summed E-state index contributed by atoms with van der Waals surface area (Å²) in [5.41, 5.74) is 6.12. The summed E-state index contributed by atoms with van der Waals surface area (Å²) in [5, 5.41) is 16.0. The number of methoxy groups -OCH3 is 1. The van der Waals surface area contributed by atoms with Gasteiger partial charge in [0.05, 0.1) is 30.6 Å². The number of hydrogen-bond donors (Lipinski definition) is 2. The van der Waals surface area contributed by atoms with E-state index in [0.717, 1.165) is 16.5 Å². The minimum Gasteiger partial charge on any atom is -0.494 e. The molecule has 0 saturated carbocycles. The number of carbonyl (C=O) groups is 2. The average molecular weight is 553 g/mol. The number of nitrogens with one attached hydrogen (secondary N) is 2. The van der Waals surface area contributed by atoms with Crippen molar-refractivity contribution in [3.8, 4) is 5.75 Å². The van der Waals surface area contributed by atoms with Gasteiger partial charge < -0.3 is 24.6 Å². The summed E-state index contributed by atoms with van der Waals surface area (Å²) in [6.45, 7) is 8.50. The molecule has 0 atom stereocenters. The third-order valence-electron chi connectivity index (χ3n) is 6.27. The van der Waals surface area contributed by atoms with E-state index in [1.807, 2.05) is 49.4 Å². The Morgan fingerprint density at radius 2 is 1.95 bits per heavy atom. The molecule has 2 aromatic rings. The predicted octanol–water partition coefficient (Wildman–Crippen LogP) is 4.09. The number of ether oxygens (including phenoxy) is 2. The fourth-order valence-electron chi connectivity index (χ4n) is 4.50. The number of Topliss-reactive ketones (excluding diaryl/α,β-unsaturated/α-hetero) is 1. The van der Waals surface area contributed by atoms with Gasteiger partial charge in [-0.3, -0.25) is 15.2 Å². The average Bonchev–Trinajstić information content (AvgIpc) is 3.41. The van der Waals surface area contributed by atoms with Gasteiger partial charge in [-0.15, -0.1) is 11.3 Å². The standard InChI is InChI=1S/C26H32N8O4S/c1-26(2,3)38-25(36)33-10-8-32(9-11-33)17-5-6-18(22(13-17)37-4)29-19-15-34(31-24-27-7-12-39-24)16-20-23(19)21(35)14-28-30-20/h5-7,12-13,16,29H,8-11,14-15H2,1-4H3,(H,27,31). The number of benzene rings is 1. The van der Waals surface area contributed by atoms with Crippen molar-refractivity contribution in [3.05, 3.63) is 52.9 Å². The van der Waals surface area contributed by atoms with E-state index in [0.29, 0.717) is 55.4 Å². The van der Waals surface area contributed by atoms with Crippen LogP contribution in [0.2, 0.25) is 0 Å². The number of azo groups is 1. The summed E-state index contributed by atoms with van der Waals surface area (Å²) in [4.78, 5) is 33.5. The second-order valence-corrected chi connectivity index (χ2v) is 11.1. The molecule has 4 heterocycles. The number of piperazine rings is 1. The van der Waals surface area contributed by atoms with Crippen LogP contribution in [-0.4, -0.2) is 78.7 Å². The van der Waals surface area contributed by atoms with Gasteiger partial charge in [0.2, 0.25) is 5.13 Å². The molecular formula is C26H32N8O4S. The van der Waals surface area contributed by atoms with Gasteiger partial charge in [-0.05, 0) is 32.9 Å². The van der Waals surface area contributed by atoms with Gasteiger partial charge in [-0.1, -0.05) is 0 Å². The van der Waals surface area contributed by atoms with Crippen molar-refractivity contribution in [3.63, 3.8) is 0 Å². The summed E-state index contributed by atoms with van der Waals surface area (Å²) < 4.78 is 11.2. The third-order valence-corrected chi connectivity index (χ3v) is 6.95. The van der Waals surface area contributed by atoms with Gasteiger partial charge in [0.15, 0.2) is 5.78 Å². The van der Waals surface area contributed by atoms with Crippen LogP contribution in [0.25, 0.3) is 0 Å². The molecule has 1 fully saturated rings. The van der Waals surface area contributed by atoms with Gasteiger partial charge in [0.25, 0.3) is 0 Å². The largest absolute Gasteiger partial charge is 0.494 e. The maximum absolute atomic E-state index is 12.8. The highest BCUT2D eigenvalue weighted by Crippen LogP contribution is 2.34. The van der Waals surface area contributed by atoms with Crippen molar-refractivity contribution >= 4 is 39.7 Å². The topological polar surface area (TPSA) is 124 Å². The van der Waals surface area contributed by atoms with E-state index < -0.39 is 5.60 Å². The molecule has 2 N–H and O–H groups in total. The predicted molar refractivity (Wildman–Crippen MR) is 149 cm³/mol. The first kappa shape index (κ1) is 26.5. The summed E-state index contributed by atoms with van der Waals surface area (Å²) in [6.07, 6.45) is 3.20. The van der Waals surface area contributed by atoms with Gasteiger partial charge in [-0.2, -0.15) is 10.2 Å². The number of carbonyl (C=O) groups excluding carboxylic acids is 2. The number of ketones is 1. The molecule has 0 spiro atoms. The van der Waals surface area contributed by atoms with Crippen LogP contribution in [0.1, 0.15) is 20.8 Å². The van der Waals surface area contributed by atoms with Gasteiger partial charge in [0, 0.05) is 55.7 Å². The molecule has 206 valence electrons. The lowest BCUT2D eigenvalue weighted by Crippen LogP contribution is -2.50. The number of amides is 1. The van der Waals surface area contributed by atoms with E-state index in [2.05, 4.69) is 30.9 Å². The Bertz CT molecular complexity index is 1320. The fraction of sp³-hybridized carbons (Fsp3) is 0.423. The van der Waals surface area contributed by atoms with Crippen molar-refractivity contribution in [1.82, 2.24) is 14.9 Å². The first-order chi connectivity index (χ1) is 18.7. The molecule has 0 unspecified atom stereocenters. The van der Waals surface area contributed by atoms with Gasteiger partial charge in [-0.25, -0.2) is 9.78 Å². The maximum Gasteiger partial charge on any atom is 0.410 e. The number of aromatic nitrogens is 1. The summed E-state index contributed by atoms with van der Waals surface area (Å²) in [5.74, 6) is 0.543. The van der Waals surface area contributed by atoms with E-state index in [1.165, 1.54) is 11.3 Å². The number of allylic oxidation sites excluding steroid dienone is 1. The minimum atomic E-state index is -0.519. The molecule has 0 radical (unpaired) electrons. The van der Waals surface area contributed by atoms with E-state index in [-0.39, 0.29) is 18.4 Å². The Morgan fingerprint density at radius 1 is 1.15 bits per heavy atom. The molecular weight excluding hydrogens is 520 g/mol. The number of fused-ring (bicyclic) bond motifs is 1. The molecule has 1 aromatic heterocycles. The first-order valence-electron chi connectivity index (χ1n) is 12.7. The molecule has 1 saturated heterocycles. The van der Waals surface area contributed by atoms with Crippen molar-refractivity contribution in [1.29, 1.82) is 0 Å². The van der Waals surface area contributed by atoms with Crippen molar-refractivity contribution in [2.45, 2.75) is 26.4 Å². The number of nitrogens with zero attached hydrogens (tertiary/aromatic N) is 6. The van der Waals surface area contributed by atoms with E-state index >= 15 is 0 Å². The third kappa shape index (κ3) is 6.14. The Kier molecular flexibility index (Phi) is 7.42. The fourth-order valence-corrected chi connectivity index (χ4v) is 5.04. The lowest BCUT2D eigenvalue weighted by atomic mass is 10.0. The van der Waals surface area contributed by atoms with Crippen LogP contribution in [0.3, 0.4) is 0 Å². The van der Waals surface area contributed by atoms with Crippen molar-refractivity contribution < 1.29 is 19.1 Å². The van der Waals surface area contributed by atoms with Crippen LogP contribution < -0.4 is 20.4 Å². The SMILES string of the molecule is COc1cc(N2CCN(C(=O)OC(C)(C)C)CC2)ccc1NC1=C2C(=O)CN=NC2=CN(Nc2nccs2)C1. The molecule has 5 rings (SSSR count). The summed E-state index contributed by atoms with van der Waals surface area (Å²) in [6, 6.07) is 5.91. The summed E-state index contributed by atoms with van der Waals surface area (Å²) in [7, 11) is 1.62. The normalized spacial score (nSPS) is 17.6. The molecule has 39 heavy (non-hydrogen) atoms. The van der Waals surface area contributed by atoms with Crippen LogP contribution in [0, 0.1) is 0 Å². The van der Waals surface area contributed by atoms with Crippen LogP contribution in [0.5, 0.6) is 5.75 Å². The van der Waals surface area contributed by atoms with Crippen molar-refractivity contribution in [2.75, 3.05) is 62.0 Å². The zero-order chi connectivity index (χ0) is 27.6. The van der Waals surface area contributed by atoms with Crippen LogP contribution in [-0.2, 0) is 9.53 Å². The highest BCUT2D eigenvalue weighted by molar-refractivity contribution is 7.13. The second-order valence-electron chi connectivity index (χ2n) is 10.2. The molecule has 0 aliphatic carbocycles. The number of thiazole rings is 1. The zero-order valence-electron chi connectivity index (χ0n) is 22.4. The maximum atomic E-state index is 12.8. The number of hydrogen-bond acceptors (Lipinski definition) is 12. The number of rotatable bonds is 6. The van der Waals surface area contributed by atoms with Crippen LogP contribution in [0.4, 0.5) is 21.3 Å². The van der Waals surface area contributed by atoms with E-state index in [9.17, 15) is 9.59 Å².